The third kappa shape index (κ3) is 4.34. The van der Waals surface area contributed by atoms with E-state index in [1.165, 1.54) is 38.5 Å². The number of benzene rings is 2. The Labute approximate surface area is 218 Å². The summed E-state index contributed by atoms with van der Waals surface area (Å²) >= 11 is 0. The van der Waals surface area contributed by atoms with Gasteiger partial charge in [0.2, 0.25) is 5.91 Å². The molecule has 0 spiro atoms. The Balaban J connectivity index is 1.05. The Morgan fingerprint density at radius 2 is 1.57 bits per heavy atom. The minimum Gasteiger partial charge on any atom is -0.349 e. The van der Waals surface area contributed by atoms with Gasteiger partial charge >= 0.3 is 0 Å². The predicted octanol–water partition coefficient (Wildman–Crippen LogP) is 6.30. The van der Waals surface area contributed by atoms with Gasteiger partial charge in [0.25, 0.3) is 5.91 Å². The number of fused-ring (bicyclic) bond motifs is 3. The zero-order chi connectivity index (χ0) is 24.9. The van der Waals surface area contributed by atoms with Crippen molar-refractivity contribution in [3.8, 4) is 11.4 Å². The number of nitrogens with one attached hydrogen (secondary N) is 3. The van der Waals surface area contributed by atoms with Gasteiger partial charge in [0.05, 0.1) is 11.0 Å². The Hall–Kier alpha value is -3.15. The SMILES string of the molecule is O=C(NC1C2CC3C[C@@H]1CCC[C@H]3C2)c1ccc2[nH]c(-c3ccc(NC(=O)C4CCCC4)cc3)nc2c1. The summed E-state index contributed by atoms with van der Waals surface area (Å²) in [7, 11) is 0. The zero-order valence-electron chi connectivity index (χ0n) is 21.3. The van der Waals surface area contributed by atoms with Gasteiger partial charge < -0.3 is 15.6 Å². The third-order valence-corrected chi connectivity index (χ3v) is 9.84. The van der Waals surface area contributed by atoms with E-state index in [1.807, 2.05) is 42.5 Å². The molecular formula is C31H36N4O2. The molecule has 4 aliphatic carbocycles. The average molecular weight is 497 g/mol. The molecule has 5 atom stereocenters. The number of hydrogen-bond acceptors (Lipinski definition) is 3. The molecule has 4 aliphatic rings. The maximum absolute atomic E-state index is 13.3. The maximum atomic E-state index is 13.3. The van der Waals surface area contributed by atoms with Crippen LogP contribution in [-0.4, -0.2) is 27.8 Å². The summed E-state index contributed by atoms with van der Waals surface area (Å²) in [6, 6.07) is 13.9. The smallest absolute Gasteiger partial charge is 0.251 e. The second-order valence-electron chi connectivity index (χ2n) is 12.0. The summed E-state index contributed by atoms with van der Waals surface area (Å²) in [5, 5.41) is 6.50. The fourth-order valence-electron chi connectivity index (χ4n) is 7.95. The molecule has 7 rings (SSSR count). The minimum absolute atomic E-state index is 0.0336. The lowest BCUT2D eigenvalue weighted by molar-refractivity contribution is -0.119. The van der Waals surface area contributed by atoms with Crippen molar-refractivity contribution in [2.75, 3.05) is 5.32 Å². The number of nitrogens with zero attached hydrogens (tertiary/aromatic N) is 1. The molecule has 3 unspecified atom stereocenters. The van der Waals surface area contributed by atoms with E-state index in [9.17, 15) is 9.59 Å². The van der Waals surface area contributed by atoms with Crippen molar-refractivity contribution in [3.63, 3.8) is 0 Å². The van der Waals surface area contributed by atoms with Crippen LogP contribution in [0.4, 0.5) is 5.69 Å². The second kappa shape index (κ2) is 9.30. The van der Waals surface area contributed by atoms with E-state index in [2.05, 4.69) is 15.6 Å². The van der Waals surface area contributed by atoms with Gasteiger partial charge in [-0.05, 0) is 105 Å². The highest BCUT2D eigenvalue weighted by atomic mass is 16.2. The molecular weight excluding hydrogens is 460 g/mol. The van der Waals surface area contributed by atoms with Gasteiger partial charge in [-0.2, -0.15) is 0 Å². The number of amides is 2. The van der Waals surface area contributed by atoms with E-state index in [4.69, 9.17) is 4.98 Å². The molecule has 4 saturated carbocycles. The monoisotopic (exact) mass is 496 g/mol. The number of hydrogen-bond donors (Lipinski definition) is 3. The molecule has 1 aromatic heterocycles. The van der Waals surface area contributed by atoms with Crippen molar-refractivity contribution in [3.05, 3.63) is 48.0 Å². The fraction of sp³-hybridized carbons (Fsp3) is 0.516. The van der Waals surface area contributed by atoms with Crippen molar-refractivity contribution >= 4 is 28.5 Å². The predicted molar refractivity (Wildman–Crippen MR) is 145 cm³/mol. The number of H-pyrrole nitrogens is 1. The second-order valence-corrected chi connectivity index (χ2v) is 12.0. The van der Waals surface area contributed by atoms with Gasteiger partial charge in [-0.25, -0.2) is 4.98 Å². The van der Waals surface area contributed by atoms with Crippen LogP contribution in [0, 0.1) is 29.6 Å². The van der Waals surface area contributed by atoms with Crippen molar-refractivity contribution in [2.45, 2.75) is 70.3 Å². The Bertz CT molecular complexity index is 1320. The third-order valence-electron chi connectivity index (χ3n) is 9.84. The molecule has 192 valence electrons. The van der Waals surface area contributed by atoms with Crippen LogP contribution in [0.25, 0.3) is 22.4 Å². The van der Waals surface area contributed by atoms with Crippen LogP contribution in [0.2, 0.25) is 0 Å². The number of imidazole rings is 1. The van der Waals surface area contributed by atoms with Crippen molar-refractivity contribution in [2.24, 2.45) is 29.6 Å². The summed E-state index contributed by atoms with van der Waals surface area (Å²) < 4.78 is 0. The maximum Gasteiger partial charge on any atom is 0.251 e. The zero-order valence-corrected chi connectivity index (χ0v) is 21.3. The molecule has 3 N–H and O–H groups in total. The van der Waals surface area contributed by atoms with Crippen LogP contribution in [0.15, 0.2) is 42.5 Å². The van der Waals surface area contributed by atoms with Gasteiger partial charge in [-0.1, -0.05) is 25.7 Å². The summed E-state index contributed by atoms with van der Waals surface area (Å²) in [5.74, 6) is 4.18. The van der Waals surface area contributed by atoms with E-state index in [0.29, 0.717) is 23.4 Å². The molecule has 0 saturated heterocycles. The highest BCUT2D eigenvalue weighted by Crippen LogP contribution is 2.53. The fourth-order valence-corrected chi connectivity index (χ4v) is 7.95. The first-order chi connectivity index (χ1) is 18.1. The lowest BCUT2D eigenvalue weighted by Gasteiger charge is -2.37. The topological polar surface area (TPSA) is 86.9 Å². The van der Waals surface area contributed by atoms with Crippen molar-refractivity contribution < 1.29 is 9.59 Å². The lowest BCUT2D eigenvalue weighted by Crippen LogP contribution is -2.47. The van der Waals surface area contributed by atoms with E-state index >= 15 is 0 Å². The molecule has 0 radical (unpaired) electrons. The molecule has 3 bridgehead atoms. The average Bonchev–Trinajstić information content (AvgIpc) is 3.64. The first-order valence-electron chi connectivity index (χ1n) is 14.3. The Kier molecular flexibility index (Phi) is 5.78. The molecule has 2 aromatic carbocycles. The summed E-state index contributed by atoms with van der Waals surface area (Å²) in [6.07, 6.45) is 12.2. The van der Waals surface area contributed by atoms with Crippen LogP contribution in [0.3, 0.4) is 0 Å². The molecule has 3 aromatic rings. The van der Waals surface area contributed by atoms with Crippen LogP contribution in [0.5, 0.6) is 0 Å². The van der Waals surface area contributed by atoms with Crippen LogP contribution < -0.4 is 10.6 Å². The number of anilines is 1. The molecule has 37 heavy (non-hydrogen) atoms. The number of rotatable bonds is 5. The number of aromatic amines is 1. The number of aromatic nitrogens is 2. The Morgan fingerprint density at radius 1 is 0.811 bits per heavy atom. The highest BCUT2D eigenvalue weighted by molar-refractivity contribution is 5.98. The van der Waals surface area contributed by atoms with Gasteiger partial charge in [0.15, 0.2) is 0 Å². The molecule has 6 heteroatoms. The van der Waals surface area contributed by atoms with Crippen molar-refractivity contribution in [1.29, 1.82) is 0 Å². The van der Waals surface area contributed by atoms with Crippen molar-refractivity contribution in [1.82, 2.24) is 15.3 Å². The number of carbonyl (C=O) groups is 2. The van der Waals surface area contributed by atoms with Crippen LogP contribution >= 0.6 is 0 Å². The van der Waals surface area contributed by atoms with E-state index in [0.717, 1.165) is 65.6 Å². The summed E-state index contributed by atoms with van der Waals surface area (Å²) in [5.41, 5.74) is 4.16. The van der Waals surface area contributed by atoms with E-state index < -0.39 is 0 Å². The normalized spacial score (nSPS) is 28.9. The quantitative estimate of drug-likeness (QED) is 0.387. The molecule has 4 fully saturated rings. The largest absolute Gasteiger partial charge is 0.349 e. The Morgan fingerprint density at radius 3 is 2.41 bits per heavy atom. The summed E-state index contributed by atoms with van der Waals surface area (Å²) in [4.78, 5) is 33.9. The first kappa shape index (κ1) is 23.0. The minimum atomic E-state index is 0.0336. The van der Waals surface area contributed by atoms with Gasteiger partial charge in [-0.15, -0.1) is 0 Å². The number of carbonyl (C=O) groups excluding carboxylic acids is 2. The molecule has 6 nitrogen and oxygen atoms in total. The van der Waals surface area contributed by atoms with Gasteiger partial charge in [0.1, 0.15) is 5.82 Å². The molecule has 0 aliphatic heterocycles. The molecule has 2 amide bonds. The van der Waals surface area contributed by atoms with E-state index in [-0.39, 0.29) is 17.7 Å². The lowest BCUT2D eigenvalue weighted by atomic mass is 9.75. The standard InChI is InChI=1S/C31H36N4O2/c36-30(19-4-1-2-5-19)32-25-11-8-18(9-12-25)29-33-26-13-10-22(17-27(26)34-29)31(37)35-28-21-7-3-6-20-14-24(28)16-23(20)15-21/h8-13,17,19-21,23-24,28H,1-7,14-16H2,(H,32,36)(H,33,34)(H,35,37)/t20-,21-,23?,24?,28?/m0/s1. The summed E-state index contributed by atoms with van der Waals surface area (Å²) in [6.45, 7) is 0. The molecule has 1 heterocycles. The van der Waals surface area contributed by atoms with E-state index in [1.54, 1.807) is 0 Å². The van der Waals surface area contributed by atoms with Gasteiger partial charge in [0, 0.05) is 28.8 Å². The van der Waals surface area contributed by atoms with Gasteiger partial charge in [-0.3, -0.25) is 9.59 Å². The van der Waals surface area contributed by atoms with Crippen LogP contribution in [-0.2, 0) is 4.79 Å². The van der Waals surface area contributed by atoms with Crippen LogP contribution in [0.1, 0.15) is 74.6 Å². The highest BCUT2D eigenvalue weighted by Gasteiger charge is 2.48. The first-order valence-corrected chi connectivity index (χ1v) is 14.3.